The summed E-state index contributed by atoms with van der Waals surface area (Å²) in [5, 5.41) is 12.8. The van der Waals surface area contributed by atoms with Crippen LogP contribution in [0.25, 0.3) is 104 Å². The highest BCUT2D eigenvalue weighted by Crippen LogP contribution is 2.41. The zero-order valence-corrected chi connectivity index (χ0v) is 30.8. The molecule has 0 amide bonds. The van der Waals surface area contributed by atoms with Crippen molar-refractivity contribution in [2.45, 2.75) is 12.8 Å². The van der Waals surface area contributed by atoms with E-state index in [1.165, 1.54) is 110 Å². The van der Waals surface area contributed by atoms with E-state index in [2.05, 4.69) is 203 Å². The van der Waals surface area contributed by atoms with Crippen LogP contribution in [0.15, 0.2) is 194 Å². The molecule has 262 valence electrons. The van der Waals surface area contributed by atoms with Crippen molar-refractivity contribution >= 4 is 81.5 Å². The Hall–Kier alpha value is -7.16. The van der Waals surface area contributed by atoms with Gasteiger partial charge in [-0.2, -0.15) is 0 Å². The summed E-state index contributed by atoms with van der Waals surface area (Å²) in [6.07, 6.45) is 9.12. The Balaban J connectivity index is 1.02. The highest BCUT2D eigenvalue weighted by Gasteiger charge is 2.18. The van der Waals surface area contributed by atoms with E-state index in [0.717, 1.165) is 12.8 Å². The second-order valence-corrected chi connectivity index (χ2v) is 15.2. The van der Waals surface area contributed by atoms with Crippen molar-refractivity contribution in [2.24, 2.45) is 0 Å². The Morgan fingerprint density at radius 3 is 1.38 bits per heavy atom. The molecule has 0 atom stereocenters. The quantitative estimate of drug-likeness (QED) is 0.161. The minimum atomic E-state index is 1.10. The predicted octanol–water partition coefficient (Wildman–Crippen LogP) is 14.7. The number of fused-ring (bicyclic) bond motifs is 12. The fourth-order valence-corrected chi connectivity index (χ4v) is 9.55. The molecule has 11 aromatic rings. The number of nitrogens with zero attached hydrogens (tertiary/aromatic N) is 2. The molecule has 0 unspecified atom stereocenters. The van der Waals surface area contributed by atoms with Crippen LogP contribution in [0.2, 0.25) is 0 Å². The Morgan fingerprint density at radius 2 is 0.804 bits per heavy atom. The zero-order chi connectivity index (χ0) is 36.7. The SMILES string of the molecule is C1=CC(c2cccc(-n3c4ccccc4c4cc(-c5ccc6c(c5)c5ccccc5n6-c5ccc6c7ccccc7c7ccccc7c6c5)ccc43)c2)=CCC1. The molecule has 0 saturated heterocycles. The van der Waals surface area contributed by atoms with Crippen molar-refractivity contribution in [1.82, 2.24) is 9.13 Å². The molecule has 1 aliphatic rings. The van der Waals surface area contributed by atoms with Crippen LogP contribution < -0.4 is 0 Å². The fourth-order valence-electron chi connectivity index (χ4n) is 9.55. The summed E-state index contributed by atoms with van der Waals surface area (Å²) >= 11 is 0. The Labute approximate surface area is 324 Å². The average molecular weight is 713 g/mol. The standard InChI is InChI=1S/C54H36N2/c1-2-13-35(14-3-1)36-15-12-16-39(31-36)55-51-23-10-8-21-46(51)49-32-37(25-29-53(49)55)38-26-30-54-50(33-38)47-22-9-11-24-52(47)56(54)40-27-28-45-43-19-5-4-17-41(43)42-18-6-7-20-44(42)48(45)34-40/h2,4-34H,1,3H2. The smallest absolute Gasteiger partial charge is 0.0541 e. The lowest BCUT2D eigenvalue weighted by Gasteiger charge is -2.14. The van der Waals surface area contributed by atoms with Gasteiger partial charge in [-0.05, 0) is 128 Å². The maximum absolute atomic E-state index is 2.45. The normalized spacial score (nSPS) is 13.2. The molecule has 0 N–H and O–H groups in total. The number of allylic oxidation sites excluding steroid dienone is 4. The maximum atomic E-state index is 2.45. The molecule has 0 aliphatic heterocycles. The molecule has 2 nitrogen and oxygen atoms in total. The van der Waals surface area contributed by atoms with Crippen LogP contribution >= 0.6 is 0 Å². The average Bonchev–Trinajstić information content (AvgIpc) is 3.79. The van der Waals surface area contributed by atoms with Crippen molar-refractivity contribution in [1.29, 1.82) is 0 Å². The van der Waals surface area contributed by atoms with E-state index in [4.69, 9.17) is 0 Å². The van der Waals surface area contributed by atoms with Crippen LogP contribution in [0.5, 0.6) is 0 Å². The zero-order valence-electron chi connectivity index (χ0n) is 30.8. The number of rotatable bonds is 4. The molecule has 2 heterocycles. The lowest BCUT2D eigenvalue weighted by atomic mass is 9.94. The van der Waals surface area contributed by atoms with E-state index >= 15 is 0 Å². The Morgan fingerprint density at radius 1 is 0.304 bits per heavy atom. The summed E-state index contributed by atoms with van der Waals surface area (Å²) in [7, 11) is 0. The van der Waals surface area contributed by atoms with Gasteiger partial charge in [0.1, 0.15) is 0 Å². The Kier molecular flexibility index (Phi) is 6.79. The number of hydrogen-bond donors (Lipinski definition) is 0. The molecule has 2 aromatic heterocycles. The van der Waals surface area contributed by atoms with Gasteiger partial charge >= 0.3 is 0 Å². The topological polar surface area (TPSA) is 9.86 Å². The van der Waals surface area contributed by atoms with Crippen LogP contribution in [-0.2, 0) is 0 Å². The van der Waals surface area contributed by atoms with Crippen LogP contribution in [0.1, 0.15) is 18.4 Å². The first-order valence-electron chi connectivity index (χ1n) is 19.7. The maximum Gasteiger partial charge on any atom is 0.0541 e. The van der Waals surface area contributed by atoms with Gasteiger partial charge in [0.2, 0.25) is 0 Å². The van der Waals surface area contributed by atoms with Gasteiger partial charge in [-0.25, -0.2) is 0 Å². The van der Waals surface area contributed by atoms with Gasteiger partial charge in [0.25, 0.3) is 0 Å². The van der Waals surface area contributed by atoms with Crippen LogP contribution in [-0.4, -0.2) is 9.13 Å². The molecule has 0 bridgehead atoms. The molecule has 0 saturated carbocycles. The summed E-state index contributed by atoms with van der Waals surface area (Å²) in [5.41, 5.74) is 12.2. The van der Waals surface area contributed by atoms with E-state index in [0.29, 0.717) is 0 Å². The van der Waals surface area contributed by atoms with Crippen LogP contribution in [0.3, 0.4) is 0 Å². The van der Waals surface area contributed by atoms with Crippen molar-refractivity contribution in [3.63, 3.8) is 0 Å². The van der Waals surface area contributed by atoms with E-state index in [9.17, 15) is 0 Å². The van der Waals surface area contributed by atoms with Gasteiger partial charge in [-0.3, -0.25) is 0 Å². The van der Waals surface area contributed by atoms with Gasteiger partial charge in [0.05, 0.1) is 22.1 Å². The second-order valence-electron chi connectivity index (χ2n) is 15.2. The van der Waals surface area contributed by atoms with Crippen LogP contribution in [0, 0.1) is 0 Å². The van der Waals surface area contributed by atoms with Crippen LogP contribution in [0.4, 0.5) is 0 Å². The Bertz CT molecular complexity index is 3440. The van der Waals surface area contributed by atoms with Gasteiger partial charge in [0, 0.05) is 32.9 Å². The summed E-state index contributed by atoms with van der Waals surface area (Å²) in [5.74, 6) is 0. The first-order valence-corrected chi connectivity index (χ1v) is 19.7. The van der Waals surface area contributed by atoms with Crippen molar-refractivity contribution in [3.8, 4) is 22.5 Å². The molecule has 0 fully saturated rings. The lowest BCUT2D eigenvalue weighted by Crippen LogP contribution is -1.95. The largest absolute Gasteiger partial charge is 0.309 e. The number of hydrogen-bond acceptors (Lipinski definition) is 0. The molecular formula is C54H36N2. The summed E-state index contributed by atoms with van der Waals surface area (Å²) in [6.45, 7) is 0. The van der Waals surface area contributed by atoms with Crippen molar-refractivity contribution in [3.05, 3.63) is 200 Å². The third-order valence-electron chi connectivity index (χ3n) is 12.1. The van der Waals surface area contributed by atoms with E-state index in [1.807, 2.05) is 0 Å². The second kappa shape index (κ2) is 12.2. The number of aromatic nitrogens is 2. The predicted molar refractivity (Wildman–Crippen MR) is 239 cm³/mol. The molecule has 12 rings (SSSR count). The minimum Gasteiger partial charge on any atom is -0.309 e. The summed E-state index contributed by atoms with van der Waals surface area (Å²) < 4.78 is 4.87. The summed E-state index contributed by atoms with van der Waals surface area (Å²) in [6, 6.07) is 65.3. The molecule has 0 spiro atoms. The molecule has 0 radical (unpaired) electrons. The van der Waals surface area contributed by atoms with Gasteiger partial charge in [0.15, 0.2) is 0 Å². The molecular weight excluding hydrogens is 677 g/mol. The molecule has 1 aliphatic carbocycles. The molecule has 56 heavy (non-hydrogen) atoms. The first kappa shape index (κ1) is 31.2. The van der Waals surface area contributed by atoms with Gasteiger partial charge < -0.3 is 9.13 Å². The van der Waals surface area contributed by atoms with Crippen molar-refractivity contribution in [2.75, 3.05) is 0 Å². The molecule has 2 heteroatoms. The van der Waals surface area contributed by atoms with E-state index < -0.39 is 0 Å². The number of para-hydroxylation sites is 2. The molecule has 9 aromatic carbocycles. The fraction of sp³-hybridized carbons (Fsp3) is 0.0370. The highest BCUT2D eigenvalue weighted by molar-refractivity contribution is 6.25. The van der Waals surface area contributed by atoms with E-state index in [-0.39, 0.29) is 0 Å². The van der Waals surface area contributed by atoms with E-state index in [1.54, 1.807) is 0 Å². The third kappa shape index (κ3) is 4.63. The minimum absolute atomic E-state index is 1.10. The third-order valence-corrected chi connectivity index (χ3v) is 12.1. The first-order chi connectivity index (χ1) is 27.8. The number of benzene rings is 9. The van der Waals surface area contributed by atoms with Gasteiger partial charge in [-0.1, -0.05) is 133 Å². The highest BCUT2D eigenvalue weighted by atomic mass is 15.0. The lowest BCUT2D eigenvalue weighted by molar-refractivity contribution is 1.04. The monoisotopic (exact) mass is 712 g/mol. The van der Waals surface area contributed by atoms with Crippen molar-refractivity contribution < 1.29 is 0 Å². The van der Waals surface area contributed by atoms with Gasteiger partial charge in [-0.15, -0.1) is 0 Å². The summed E-state index contributed by atoms with van der Waals surface area (Å²) in [4.78, 5) is 0.